The van der Waals surface area contributed by atoms with Crippen molar-refractivity contribution in [2.75, 3.05) is 11.9 Å². The van der Waals surface area contributed by atoms with E-state index in [0.717, 1.165) is 21.8 Å². The minimum atomic E-state index is -0.525. The predicted molar refractivity (Wildman–Crippen MR) is 116 cm³/mol. The summed E-state index contributed by atoms with van der Waals surface area (Å²) in [4.78, 5) is 36.7. The summed E-state index contributed by atoms with van der Waals surface area (Å²) in [5, 5.41) is 13.3. The molecule has 0 bridgehead atoms. The molecule has 1 aliphatic heterocycles. The van der Waals surface area contributed by atoms with E-state index in [9.17, 15) is 19.7 Å². The highest BCUT2D eigenvalue weighted by molar-refractivity contribution is 9.10. The SMILES string of the molecule is O=C(CN1C(=O)C(=Cc2cccc(Br)c2)SC1=S)Nc1ccc([N+](=O)[O-])cc1. The number of hydrogen-bond acceptors (Lipinski definition) is 6. The van der Waals surface area contributed by atoms with Crippen LogP contribution in [0.5, 0.6) is 0 Å². The maximum atomic E-state index is 12.6. The number of nitrogens with one attached hydrogen (secondary N) is 1. The number of anilines is 1. The number of rotatable bonds is 5. The first kappa shape index (κ1) is 20.2. The number of thiocarbonyl (C=S) groups is 1. The van der Waals surface area contributed by atoms with Crippen LogP contribution < -0.4 is 5.32 Å². The first-order valence-corrected chi connectivity index (χ1v) is 9.90. The summed E-state index contributed by atoms with van der Waals surface area (Å²) < 4.78 is 1.18. The van der Waals surface area contributed by atoms with Gasteiger partial charge in [-0.25, -0.2) is 0 Å². The summed E-state index contributed by atoms with van der Waals surface area (Å²) in [5.74, 6) is -0.789. The molecule has 2 amide bonds. The van der Waals surface area contributed by atoms with E-state index < -0.39 is 10.8 Å². The Morgan fingerprint density at radius 1 is 1.29 bits per heavy atom. The Kier molecular flexibility index (Phi) is 6.22. The van der Waals surface area contributed by atoms with Gasteiger partial charge in [0.05, 0.1) is 9.83 Å². The summed E-state index contributed by atoms with van der Waals surface area (Å²) >= 11 is 9.74. The van der Waals surface area contributed by atoms with Crippen molar-refractivity contribution >= 4 is 73.5 Å². The maximum absolute atomic E-state index is 12.6. The van der Waals surface area contributed by atoms with E-state index in [2.05, 4.69) is 21.2 Å². The standard InChI is InChI=1S/C18H12BrN3O4S2/c19-12-3-1-2-11(8-12)9-15-17(24)21(18(27)28-15)10-16(23)20-13-4-6-14(7-5-13)22(25)26/h1-9H,10H2,(H,20,23). The van der Waals surface area contributed by atoms with Gasteiger partial charge in [0, 0.05) is 22.3 Å². The molecule has 2 aromatic rings. The highest BCUT2D eigenvalue weighted by atomic mass is 79.9. The van der Waals surface area contributed by atoms with Crippen LogP contribution in [0.1, 0.15) is 5.56 Å². The molecule has 28 heavy (non-hydrogen) atoms. The Hall–Kier alpha value is -2.56. The largest absolute Gasteiger partial charge is 0.325 e. The molecule has 0 aromatic heterocycles. The monoisotopic (exact) mass is 477 g/mol. The van der Waals surface area contributed by atoms with Crippen LogP contribution in [0.3, 0.4) is 0 Å². The van der Waals surface area contributed by atoms with Crippen LogP contribution in [0.15, 0.2) is 57.9 Å². The number of hydrogen-bond donors (Lipinski definition) is 1. The fraction of sp³-hybridized carbons (Fsp3) is 0.0556. The van der Waals surface area contributed by atoms with Crippen molar-refractivity contribution in [3.05, 3.63) is 73.6 Å². The molecule has 0 spiro atoms. The van der Waals surface area contributed by atoms with Gasteiger partial charge in [-0.05, 0) is 35.9 Å². The van der Waals surface area contributed by atoms with Crippen LogP contribution in [0.25, 0.3) is 6.08 Å². The second-order valence-corrected chi connectivity index (χ2v) is 8.27. The summed E-state index contributed by atoms with van der Waals surface area (Å²) in [6.07, 6.45) is 1.72. The molecule has 2 aromatic carbocycles. The Morgan fingerprint density at radius 3 is 2.64 bits per heavy atom. The van der Waals surface area contributed by atoms with Crippen LogP contribution in [0, 0.1) is 10.1 Å². The molecule has 1 N–H and O–H groups in total. The Balaban J connectivity index is 1.66. The Bertz CT molecular complexity index is 1010. The average molecular weight is 478 g/mol. The molecule has 7 nitrogen and oxygen atoms in total. The zero-order chi connectivity index (χ0) is 20.3. The minimum absolute atomic E-state index is 0.0763. The topological polar surface area (TPSA) is 92.6 Å². The third kappa shape index (κ3) is 4.83. The molecule has 10 heteroatoms. The van der Waals surface area contributed by atoms with Gasteiger partial charge in [-0.1, -0.05) is 52.0 Å². The summed E-state index contributed by atoms with van der Waals surface area (Å²) in [6, 6.07) is 12.9. The van der Waals surface area contributed by atoms with E-state index in [1.165, 1.54) is 29.2 Å². The molecule has 142 valence electrons. The van der Waals surface area contributed by atoms with Gasteiger partial charge < -0.3 is 5.32 Å². The van der Waals surface area contributed by atoms with Crippen LogP contribution >= 0.6 is 39.9 Å². The van der Waals surface area contributed by atoms with Gasteiger partial charge in [0.15, 0.2) is 0 Å². The first-order valence-electron chi connectivity index (χ1n) is 7.89. The fourth-order valence-corrected chi connectivity index (χ4v) is 4.07. The molecule has 3 rings (SSSR count). The van der Waals surface area contributed by atoms with E-state index in [1.807, 2.05) is 24.3 Å². The minimum Gasteiger partial charge on any atom is -0.325 e. The lowest BCUT2D eigenvalue weighted by molar-refractivity contribution is -0.384. The van der Waals surface area contributed by atoms with Gasteiger partial charge in [-0.3, -0.25) is 24.6 Å². The third-order valence-corrected chi connectivity index (χ3v) is 5.55. The maximum Gasteiger partial charge on any atom is 0.269 e. The van der Waals surface area contributed by atoms with Crippen molar-refractivity contribution in [2.45, 2.75) is 0 Å². The number of carbonyl (C=O) groups is 2. The number of benzene rings is 2. The molecule has 0 atom stereocenters. The van der Waals surface area contributed by atoms with E-state index >= 15 is 0 Å². The number of amides is 2. The summed E-state index contributed by atoms with van der Waals surface area (Å²) in [5.41, 5.74) is 1.16. The lowest BCUT2D eigenvalue weighted by atomic mass is 10.2. The molecule has 0 saturated carbocycles. The molecule has 1 fully saturated rings. The number of nitrogens with zero attached hydrogens (tertiary/aromatic N) is 2. The summed E-state index contributed by atoms with van der Waals surface area (Å²) in [7, 11) is 0. The Labute approximate surface area is 178 Å². The quantitative estimate of drug-likeness (QED) is 0.300. The molecule has 1 aliphatic rings. The van der Waals surface area contributed by atoms with Crippen molar-refractivity contribution in [1.29, 1.82) is 0 Å². The van der Waals surface area contributed by atoms with Crippen molar-refractivity contribution < 1.29 is 14.5 Å². The highest BCUT2D eigenvalue weighted by Crippen LogP contribution is 2.32. The number of nitro groups is 1. The smallest absolute Gasteiger partial charge is 0.269 e. The van der Waals surface area contributed by atoms with Gasteiger partial charge in [-0.2, -0.15) is 0 Å². The molecular weight excluding hydrogens is 466 g/mol. The normalized spacial score (nSPS) is 15.2. The van der Waals surface area contributed by atoms with Crippen molar-refractivity contribution in [3.8, 4) is 0 Å². The summed E-state index contributed by atoms with van der Waals surface area (Å²) in [6.45, 7) is -0.239. The van der Waals surface area contributed by atoms with Crippen molar-refractivity contribution in [1.82, 2.24) is 4.90 Å². The zero-order valence-electron chi connectivity index (χ0n) is 14.1. The molecule has 0 unspecified atom stereocenters. The lowest BCUT2D eigenvalue weighted by Crippen LogP contribution is -2.36. The second-order valence-electron chi connectivity index (χ2n) is 5.68. The van der Waals surface area contributed by atoms with Crippen LogP contribution in [-0.2, 0) is 9.59 Å². The highest BCUT2D eigenvalue weighted by Gasteiger charge is 2.33. The average Bonchev–Trinajstić information content (AvgIpc) is 2.89. The van der Waals surface area contributed by atoms with Crippen molar-refractivity contribution in [2.24, 2.45) is 0 Å². The first-order chi connectivity index (χ1) is 13.3. The zero-order valence-corrected chi connectivity index (χ0v) is 17.3. The van der Waals surface area contributed by atoms with E-state index in [4.69, 9.17) is 12.2 Å². The van der Waals surface area contributed by atoms with Gasteiger partial charge in [-0.15, -0.1) is 0 Å². The second kappa shape index (κ2) is 8.63. The predicted octanol–water partition coefficient (Wildman–Crippen LogP) is 4.20. The van der Waals surface area contributed by atoms with Crippen LogP contribution in [0.2, 0.25) is 0 Å². The van der Waals surface area contributed by atoms with E-state index in [0.29, 0.717) is 14.9 Å². The molecule has 1 saturated heterocycles. The number of halogens is 1. The van der Waals surface area contributed by atoms with E-state index in [-0.39, 0.29) is 18.1 Å². The van der Waals surface area contributed by atoms with E-state index in [1.54, 1.807) is 6.08 Å². The number of carbonyl (C=O) groups excluding carboxylic acids is 2. The van der Waals surface area contributed by atoms with Gasteiger partial charge in [0.2, 0.25) is 5.91 Å². The van der Waals surface area contributed by atoms with Gasteiger partial charge in [0.25, 0.3) is 11.6 Å². The van der Waals surface area contributed by atoms with Gasteiger partial charge >= 0.3 is 0 Å². The number of nitro benzene ring substituents is 1. The van der Waals surface area contributed by atoms with Crippen LogP contribution in [-0.4, -0.2) is 32.5 Å². The molecule has 1 heterocycles. The van der Waals surface area contributed by atoms with Crippen LogP contribution in [0.4, 0.5) is 11.4 Å². The molecule has 0 radical (unpaired) electrons. The van der Waals surface area contributed by atoms with Crippen molar-refractivity contribution in [3.63, 3.8) is 0 Å². The lowest BCUT2D eigenvalue weighted by Gasteiger charge is -2.14. The molecular formula is C18H12BrN3O4S2. The molecule has 0 aliphatic carbocycles. The number of non-ortho nitro benzene ring substituents is 1. The third-order valence-electron chi connectivity index (χ3n) is 3.68. The Morgan fingerprint density at radius 2 is 2.00 bits per heavy atom. The fourth-order valence-electron chi connectivity index (χ4n) is 2.39. The van der Waals surface area contributed by atoms with Gasteiger partial charge in [0.1, 0.15) is 10.9 Å². The number of thioether (sulfide) groups is 1.